The lowest BCUT2D eigenvalue weighted by Gasteiger charge is -2.33. The standard InChI is InChI=1S/C24H28N4O4S/c1-4-27-11-13-28(14-12-27)33(30,31)21-8-5-19(6-9-21)26-24(29)22-16-18-15-20(32-3)7-10-23(18)25-17(22)2/h5-10,15-16H,4,11-14H2,1-3H3,(H,26,29). The Bertz CT molecular complexity index is 1270. The van der Waals surface area contributed by atoms with E-state index in [0.29, 0.717) is 35.8 Å². The second-order valence-corrected chi connectivity index (χ2v) is 9.93. The zero-order valence-corrected chi connectivity index (χ0v) is 19.9. The summed E-state index contributed by atoms with van der Waals surface area (Å²) in [4.78, 5) is 19.9. The number of nitrogens with zero attached hydrogens (tertiary/aromatic N) is 3. The Morgan fingerprint density at radius 1 is 1.06 bits per heavy atom. The first-order valence-corrected chi connectivity index (χ1v) is 12.3. The normalized spacial score (nSPS) is 15.5. The SMILES string of the molecule is CCN1CCN(S(=O)(=O)c2ccc(NC(=O)c3cc4cc(OC)ccc4nc3C)cc2)CC1. The number of aryl methyl sites for hydroxylation is 1. The van der Waals surface area contributed by atoms with Crippen molar-refractivity contribution in [3.8, 4) is 5.75 Å². The zero-order valence-electron chi connectivity index (χ0n) is 19.0. The largest absolute Gasteiger partial charge is 0.497 e. The molecule has 0 radical (unpaired) electrons. The predicted molar refractivity (Wildman–Crippen MR) is 128 cm³/mol. The van der Waals surface area contributed by atoms with E-state index in [9.17, 15) is 13.2 Å². The minimum absolute atomic E-state index is 0.223. The number of methoxy groups -OCH3 is 1. The highest BCUT2D eigenvalue weighted by Crippen LogP contribution is 2.24. The highest BCUT2D eigenvalue weighted by Gasteiger charge is 2.28. The number of hydrogen-bond donors (Lipinski definition) is 1. The fraction of sp³-hybridized carbons (Fsp3) is 0.333. The van der Waals surface area contributed by atoms with Gasteiger partial charge in [-0.2, -0.15) is 4.31 Å². The van der Waals surface area contributed by atoms with Crippen molar-refractivity contribution >= 4 is 32.5 Å². The Morgan fingerprint density at radius 3 is 2.39 bits per heavy atom. The van der Waals surface area contributed by atoms with Crippen LogP contribution in [0, 0.1) is 6.92 Å². The van der Waals surface area contributed by atoms with Crippen molar-refractivity contribution in [2.45, 2.75) is 18.7 Å². The maximum Gasteiger partial charge on any atom is 0.257 e. The highest BCUT2D eigenvalue weighted by atomic mass is 32.2. The van der Waals surface area contributed by atoms with Gasteiger partial charge >= 0.3 is 0 Å². The van der Waals surface area contributed by atoms with Gasteiger partial charge in [0.15, 0.2) is 0 Å². The second kappa shape index (κ2) is 9.46. The number of anilines is 1. The van der Waals surface area contributed by atoms with Gasteiger partial charge in [0, 0.05) is 37.3 Å². The number of amides is 1. The number of rotatable bonds is 6. The van der Waals surface area contributed by atoms with Gasteiger partial charge in [0.2, 0.25) is 10.0 Å². The minimum atomic E-state index is -3.56. The number of sulfonamides is 1. The van der Waals surface area contributed by atoms with Crippen LogP contribution in [-0.2, 0) is 10.0 Å². The molecule has 1 aromatic heterocycles. The van der Waals surface area contributed by atoms with Crippen molar-refractivity contribution < 1.29 is 17.9 Å². The molecule has 0 atom stereocenters. The van der Waals surface area contributed by atoms with E-state index < -0.39 is 10.0 Å². The average molecular weight is 469 g/mol. The molecule has 0 spiro atoms. The summed E-state index contributed by atoms with van der Waals surface area (Å²) >= 11 is 0. The summed E-state index contributed by atoms with van der Waals surface area (Å²) < 4.78 is 32.7. The predicted octanol–water partition coefficient (Wildman–Crippen LogP) is 3.13. The van der Waals surface area contributed by atoms with E-state index in [1.807, 2.05) is 18.2 Å². The van der Waals surface area contributed by atoms with Crippen LogP contribution in [0.4, 0.5) is 5.69 Å². The van der Waals surface area contributed by atoms with Gasteiger partial charge < -0.3 is 15.0 Å². The quantitative estimate of drug-likeness (QED) is 0.598. The van der Waals surface area contributed by atoms with E-state index in [1.165, 1.54) is 16.4 Å². The van der Waals surface area contributed by atoms with Crippen LogP contribution in [0.25, 0.3) is 10.9 Å². The van der Waals surface area contributed by atoms with Crippen LogP contribution in [0.3, 0.4) is 0 Å². The molecule has 2 aromatic carbocycles. The summed E-state index contributed by atoms with van der Waals surface area (Å²) in [5.74, 6) is 0.378. The van der Waals surface area contributed by atoms with Crippen LogP contribution in [-0.4, -0.2) is 68.3 Å². The molecule has 0 aliphatic carbocycles. The third-order valence-corrected chi connectivity index (χ3v) is 7.90. The van der Waals surface area contributed by atoms with Gasteiger partial charge in [-0.3, -0.25) is 9.78 Å². The van der Waals surface area contributed by atoms with Crippen LogP contribution < -0.4 is 10.1 Å². The number of hydrogen-bond acceptors (Lipinski definition) is 6. The van der Waals surface area contributed by atoms with E-state index in [1.54, 1.807) is 32.2 Å². The number of carbonyl (C=O) groups excluding carboxylic acids is 1. The fourth-order valence-corrected chi connectivity index (χ4v) is 5.37. The second-order valence-electron chi connectivity index (χ2n) is 8.00. The molecule has 1 saturated heterocycles. The third kappa shape index (κ3) is 4.85. The first-order chi connectivity index (χ1) is 15.8. The molecular formula is C24H28N4O4S. The van der Waals surface area contributed by atoms with E-state index >= 15 is 0 Å². The lowest BCUT2D eigenvalue weighted by Crippen LogP contribution is -2.48. The Balaban J connectivity index is 1.50. The van der Waals surface area contributed by atoms with Gasteiger partial charge in [-0.15, -0.1) is 0 Å². The van der Waals surface area contributed by atoms with Crippen LogP contribution in [0.1, 0.15) is 23.0 Å². The molecule has 174 valence electrons. The molecule has 8 nitrogen and oxygen atoms in total. The molecule has 3 aromatic rings. The van der Waals surface area contributed by atoms with Crippen LogP contribution in [0.15, 0.2) is 53.4 Å². The first-order valence-electron chi connectivity index (χ1n) is 10.9. The Morgan fingerprint density at radius 2 is 1.76 bits per heavy atom. The van der Waals surface area contributed by atoms with Crippen molar-refractivity contribution in [1.29, 1.82) is 0 Å². The third-order valence-electron chi connectivity index (χ3n) is 5.99. The number of likely N-dealkylation sites (N-methyl/N-ethyl adjacent to an activating group) is 1. The highest BCUT2D eigenvalue weighted by molar-refractivity contribution is 7.89. The Labute approximate surface area is 194 Å². The first kappa shape index (κ1) is 23.2. The van der Waals surface area contributed by atoms with Crippen molar-refractivity contribution in [1.82, 2.24) is 14.2 Å². The Kier molecular flexibility index (Phi) is 6.64. The van der Waals surface area contributed by atoms with E-state index in [0.717, 1.165) is 30.5 Å². The number of aromatic nitrogens is 1. The van der Waals surface area contributed by atoms with Gasteiger partial charge in [-0.25, -0.2) is 8.42 Å². The van der Waals surface area contributed by atoms with Gasteiger partial charge in [-0.1, -0.05) is 6.92 Å². The van der Waals surface area contributed by atoms with Crippen LogP contribution in [0.5, 0.6) is 5.75 Å². The molecule has 33 heavy (non-hydrogen) atoms. The number of piperazine rings is 1. The molecule has 0 unspecified atom stereocenters. The van der Waals surface area contributed by atoms with E-state index in [-0.39, 0.29) is 10.8 Å². The summed E-state index contributed by atoms with van der Waals surface area (Å²) in [5, 5.41) is 3.64. The topological polar surface area (TPSA) is 91.8 Å². The average Bonchev–Trinajstić information content (AvgIpc) is 2.83. The molecule has 4 rings (SSSR count). The Hall–Kier alpha value is -3.01. The number of nitrogens with one attached hydrogen (secondary N) is 1. The summed E-state index contributed by atoms with van der Waals surface area (Å²) in [6.45, 7) is 7.20. The molecule has 0 saturated carbocycles. The molecular weight excluding hydrogens is 440 g/mol. The molecule has 0 bridgehead atoms. The molecule has 1 fully saturated rings. The van der Waals surface area contributed by atoms with Crippen molar-refractivity contribution in [2.24, 2.45) is 0 Å². The lowest BCUT2D eigenvalue weighted by atomic mass is 10.1. The van der Waals surface area contributed by atoms with Crippen molar-refractivity contribution in [3.05, 3.63) is 59.8 Å². The number of benzene rings is 2. The van der Waals surface area contributed by atoms with Gasteiger partial charge in [0.25, 0.3) is 5.91 Å². The number of pyridine rings is 1. The summed E-state index contributed by atoms with van der Waals surface area (Å²) in [5.41, 5.74) is 2.34. The molecule has 2 heterocycles. The number of ether oxygens (including phenoxy) is 1. The zero-order chi connectivity index (χ0) is 23.6. The smallest absolute Gasteiger partial charge is 0.257 e. The monoisotopic (exact) mass is 468 g/mol. The van der Waals surface area contributed by atoms with Crippen molar-refractivity contribution in [2.75, 3.05) is 45.2 Å². The minimum Gasteiger partial charge on any atom is -0.497 e. The van der Waals surface area contributed by atoms with Crippen LogP contribution >= 0.6 is 0 Å². The maximum atomic E-state index is 13.0. The van der Waals surface area contributed by atoms with Crippen molar-refractivity contribution in [3.63, 3.8) is 0 Å². The fourth-order valence-electron chi connectivity index (χ4n) is 3.95. The van der Waals surface area contributed by atoms with Gasteiger partial charge in [0.05, 0.1) is 28.8 Å². The molecule has 1 aliphatic heterocycles. The van der Waals surface area contributed by atoms with Crippen LogP contribution in [0.2, 0.25) is 0 Å². The van der Waals surface area contributed by atoms with Gasteiger partial charge in [-0.05, 0) is 62.0 Å². The molecule has 1 aliphatic rings. The van der Waals surface area contributed by atoms with E-state index in [4.69, 9.17) is 4.74 Å². The maximum absolute atomic E-state index is 13.0. The van der Waals surface area contributed by atoms with Gasteiger partial charge in [0.1, 0.15) is 5.75 Å². The summed E-state index contributed by atoms with van der Waals surface area (Å²) in [7, 11) is -1.97. The summed E-state index contributed by atoms with van der Waals surface area (Å²) in [6.07, 6.45) is 0. The molecule has 1 N–H and O–H groups in total. The number of fused-ring (bicyclic) bond motifs is 1. The van der Waals surface area contributed by atoms with E-state index in [2.05, 4.69) is 22.1 Å². The molecule has 9 heteroatoms. The summed E-state index contributed by atoms with van der Waals surface area (Å²) in [6, 6.07) is 13.6. The lowest BCUT2D eigenvalue weighted by molar-refractivity contribution is 0.102. The molecule has 1 amide bonds. The number of carbonyl (C=O) groups is 1.